The van der Waals surface area contributed by atoms with E-state index in [0.29, 0.717) is 19.8 Å². The number of rotatable bonds is 6. The standard InChI is InChI=1S/C14H21BrN2O2S/c1-17(3-6-20-2)12(9-16)10-7-11(15)14-13(8-10)18-4-5-19-14/h7-8,12H,3-6,9,16H2,1-2H3. The molecule has 1 unspecified atom stereocenters. The zero-order chi connectivity index (χ0) is 14.5. The molecule has 0 bridgehead atoms. The molecule has 1 aromatic carbocycles. The second kappa shape index (κ2) is 7.54. The molecular weight excluding hydrogens is 340 g/mol. The highest BCUT2D eigenvalue weighted by molar-refractivity contribution is 9.10. The number of hydrogen-bond acceptors (Lipinski definition) is 5. The fourth-order valence-electron chi connectivity index (χ4n) is 2.28. The van der Waals surface area contributed by atoms with E-state index >= 15 is 0 Å². The van der Waals surface area contributed by atoms with Crippen molar-refractivity contribution in [1.29, 1.82) is 0 Å². The van der Waals surface area contributed by atoms with Gasteiger partial charge in [0.05, 0.1) is 4.47 Å². The van der Waals surface area contributed by atoms with Crippen molar-refractivity contribution in [2.24, 2.45) is 5.73 Å². The summed E-state index contributed by atoms with van der Waals surface area (Å²) < 4.78 is 12.2. The third kappa shape index (κ3) is 3.61. The van der Waals surface area contributed by atoms with Crippen LogP contribution in [0.4, 0.5) is 0 Å². The van der Waals surface area contributed by atoms with Crippen molar-refractivity contribution in [2.45, 2.75) is 6.04 Å². The Morgan fingerprint density at radius 1 is 1.40 bits per heavy atom. The summed E-state index contributed by atoms with van der Waals surface area (Å²) in [4.78, 5) is 2.29. The maximum atomic E-state index is 5.97. The van der Waals surface area contributed by atoms with Crippen LogP contribution in [0.1, 0.15) is 11.6 Å². The van der Waals surface area contributed by atoms with Crippen LogP contribution in [-0.4, -0.2) is 50.3 Å². The Balaban J connectivity index is 2.23. The first kappa shape index (κ1) is 15.9. The molecule has 0 spiro atoms. The molecule has 1 aliphatic rings. The molecule has 20 heavy (non-hydrogen) atoms. The van der Waals surface area contributed by atoms with Crippen LogP contribution >= 0.6 is 27.7 Å². The smallest absolute Gasteiger partial charge is 0.175 e. The van der Waals surface area contributed by atoms with Gasteiger partial charge in [-0.25, -0.2) is 0 Å². The van der Waals surface area contributed by atoms with E-state index < -0.39 is 0 Å². The van der Waals surface area contributed by atoms with Gasteiger partial charge in [-0.05, 0) is 46.9 Å². The van der Waals surface area contributed by atoms with Crippen molar-refractivity contribution in [2.75, 3.05) is 45.4 Å². The Morgan fingerprint density at radius 2 is 2.15 bits per heavy atom. The SMILES string of the molecule is CSCCN(C)C(CN)c1cc(Br)c2c(c1)OCCO2. The van der Waals surface area contributed by atoms with Gasteiger partial charge in [-0.3, -0.25) is 4.90 Å². The Morgan fingerprint density at radius 3 is 2.85 bits per heavy atom. The molecule has 112 valence electrons. The minimum absolute atomic E-state index is 0.189. The number of benzene rings is 1. The molecule has 1 atom stereocenters. The molecule has 0 aliphatic carbocycles. The molecular formula is C14H21BrN2O2S. The highest BCUT2D eigenvalue weighted by atomic mass is 79.9. The highest BCUT2D eigenvalue weighted by Gasteiger charge is 2.21. The van der Waals surface area contributed by atoms with Gasteiger partial charge < -0.3 is 15.2 Å². The van der Waals surface area contributed by atoms with E-state index in [1.54, 1.807) is 0 Å². The topological polar surface area (TPSA) is 47.7 Å². The number of nitrogens with zero attached hydrogens (tertiary/aromatic N) is 1. The Hall–Kier alpha value is -0.430. The lowest BCUT2D eigenvalue weighted by Crippen LogP contribution is -2.32. The van der Waals surface area contributed by atoms with E-state index in [0.717, 1.165) is 33.8 Å². The third-order valence-corrected chi connectivity index (χ3v) is 4.59. The van der Waals surface area contributed by atoms with Crippen molar-refractivity contribution >= 4 is 27.7 Å². The second-order valence-electron chi connectivity index (χ2n) is 4.75. The monoisotopic (exact) mass is 360 g/mol. The van der Waals surface area contributed by atoms with Crippen molar-refractivity contribution < 1.29 is 9.47 Å². The van der Waals surface area contributed by atoms with Gasteiger partial charge in [0.1, 0.15) is 13.2 Å². The minimum atomic E-state index is 0.189. The molecule has 0 radical (unpaired) electrons. The molecule has 0 amide bonds. The summed E-state index contributed by atoms with van der Waals surface area (Å²) in [5.41, 5.74) is 7.13. The predicted molar refractivity (Wildman–Crippen MR) is 87.9 cm³/mol. The summed E-state index contributed by atoms with van der Waals surface area (Å²) in [5, 5.41) is 0. The summed E-state index contributed by atoms with van der Waals surface area (Å²) in [6, 6.07) is 4.32. The highest BCUT2D eigenvalue weighted by Crippen LogP contribution is 2.40. The minimum Gasteiger partial charge on any atom is -0.486 e. The number of nitrogens with two attached hydrogens (primary N) is 1. The van der Waals surface area contributed by atoms with Gasteiger partial charge in [0, 0.05) is 24.9 Å². The lowest BCUT2D eigenvalue weighted by Gasteiger charge is -2.29. The molecule has 0 fully saturated rings. The number of thioether (sulfide) groups is 1. The number of halogens is 1. The van der Waals surface area contributed by atoms with E-state index in [-0.39, 0.29) is 6.04 Å². The zero-order valence-electron chi connectivity index (χ0n) is 11.9. The largest absolute Gasteiger partial charge is 0.486 e. The van der Waals surface area contributed by atoms with Gasteiger partial charge in [-0.1, -0.05) is 0 Å². The Bertz CT molecular complexity index is 459. The van der Waals surface area contributed by atoms with Crippen LogP contribution in [0.2, 0.25) is 0 Å². The van der Waals surface area contributed by atoms with E-state index in [1.807, 2.05) is 17.8 Å². The fraction of sp³-hybridized carbons (Fsp3) is 0.571. The first-order valence-electron chi connectivity index (χ1n) is 6.65. The summed E-state index contributed by atoms with van der Waals surface area (Å²) in [6.07, 6.45) is 2.12. The van der Waals surface area contributed by atoms with Gasteiger partial charge in [-0.15, -0.1) is 0 Å². The second-order valence-corrected chi connectivity index (χ2v) is 6.59. The molecule has 1 heterocycles. The van der Waals surface area contributed by atoms with Crippen molar-refractivity contribution in [3.8, 4) is 11.5 Å². The van der Waals surface area contributed by atoms with Crippen LogP contribution in [0.25, 0.3) is 0 Å². The number of ether oxygens (including phenoxy) is 2. The number of hydrogen-bond donors (Lipinski definition) is 1. The zero-order valence-corrected chi connectivity index (χ0v) is 14.3. The molecule has 0 saturated carbocycles. The van der Waals surface area contributed by atoms with Crippen molar-refractivity contribution in [1.82, 2.24) is 4.90 Å². The maximum Gasteiger partial charge on any atom is 0.175 e. The van der Waals surface area contributed by atoms with Crippen molar-refractivity contribution in [3.63, 3.8) is 0 Å². The van der Waals surface area contributed by atoms with E-state index in [9.17, 15) is 0 Å². The molecule has 1 aromatic rings. The van der Waals surface area contributed by atoms with E-state index in [4.69, 9.17) is 15.2 Å². The van der Waals surface area contributed by atoms with E-state index in [2.05, 4.69) is 40.2 Å². The van der Waals surface area contributed by atoms with Gasteiger partial charge in [-0.2, -0.15) is 11.8 Å². The van der Waals surface area contributed by atoms with Gasteiger partial charge in [0.2, 0.25) is 0 Å². The Kier molecular flexibility index (Phi) is 6.01. The quantitative estimate of drug-likeness (QED) is 0.844. The lowest BCUT2D eigenvalue weighted by atomic mass is 10.0. The average molecular weight is 361 g/mol. The van der Waals surface area contributed by atoms with Gasteiger partial charge >= 0.3 is 0 Å². The summed E-state index contributed by atoms with van der Waals surface area (Å²) >= 11 is 5.41. The summed E-state index contributed by atoms with van der Waals surface area (Å²) in [7, 11) is 2.11. The average Bonchev–Trinajstić information content (AvgIpc) is 2.46. The van der Waals surface area contributed by atoms with Crippen LogP contribution < -0.4 is 15.2 Å². The van der Waals surface area contributed by atoms with Crippen LogP contribution in [0.15, 0.2) is 16.6 Å². The van der Waals surface area contributed by atoms with Gasteiger partial charge in [0.25, 0.3) is 0 Å². The summed E-state index contributed by atoms with van der Waals surface area (Å²) in [6.45, 7) is 2.78. The number of likely N-dealkylation sites (N-methyl/N-ethyl adjacent to an activating group) is 1. The van der Waals surface area contributed by atoms with Crippen molar-refractivity contribution in [3.05, 3.63) is 22.2 Å². The molecule has 6 heteroatoms. The number of fused-ring (bicyclic) bond motifs is 1. The Labute approximate surface area is 133 Å². The molecule has 2 N–H and O–H groups in total. The first-order chi connectivity index (χ1) is 9.67. The van der Waals surface area contributed by atoms with Crippen LogP contribution in [-0.2, 0) is 0 Å². The maximum absolute atomic E-state index is 5.97. The predicted octanol–water partition coefficient (Wildman–Crippen LogP) is 2.51. The lowest BCUT2D eigenvalue weighted by molar-refractivity contribution is 0.169. The fourth-order valence-corrected chi connectivity index (χ4v) is 3.33. The van der Waals surface area contributed by atoms with Crippen LogP contribution in [0.3, 0.4) is 0 Å². The molecule has 2 rings (SSSR count). The van der Waals surface area contributed by atoms with Gasteiger partial charge in [0.15, 0.2) is 11.5 Å². The summed E-state index contributed by atoms with van der Waals surface area (Å²) in [5.74, 6) is 2.69. The molecule has 0 aromatic heterocycles. The molecule has 1 aliphatic heterocycles. The molecule has 0 saturated heterocycles. The third-order valence-electron chi connectivity index (χ3n) is 3.41. The normalized spacial score (nSPS) is 15.4. The molecule has 4 nitrogen and oxygen atoms in total. The first-order valence-corrected chi connectivity index (χ1v) is 8.84. The van der Waals surface area contributed by atoms with Crippen LogP contribution in [0.5, 0.6) is 11.5 Å². The van der Waals surface area contributed by atoms with Crippen LogP contribution in [0, 0.1) is 0 Å². The van der Waals surface area contributed by atoms with E-state index in [1.165, 1.54) is 0 Å².